The molecule has 0 unspecified atom stereocenters. The molecule has 20 heavy (non-hydrogen) atoms. The maximum atomic E-state index is 4.65. The number of pyridine rings is 1. The van der Waals surface area contributed by atoms with Crippen molar-refractivity contribution in [1.29, 1.82) is 0 Å². The van der Waals surface area contributed by atoms with E-state index in [9.17, 15) is 0 Å². The van der Waals surface area contributed by atoms with Gasteiger partial charge in [-0.3, -0.25) is 9.88 Å². The van der Waals surface area contributed by atoms with Crippen molar-refractivity contribution >= 4 is 16.6 Å². The Kier molecular flexibility index (Phi) is 3.62. The van der Waals surface area contributed by atoms with Gasteiger partial charge in [0.05, 0.1) is 5.52 Å². The second-order valence-electron chi connectivity index (χ2n) is 6.05. The number of hydrogen-bond acceptors (Lipinski definition) is 3. The van der Waals surface area contributed by atoms with Crippen LogP contribution in [-0.4, -0.2) is 29.5 Å². The third-order valence-electron chi connectivity index (χ3n) is 4.25. The van der Waals surface area contributed by atoms with Gasteiger partial charge in [-0.1, -0.05) is 12.1 Å². The van der Waals surface area contributed by atoms with E-state index in [1.54, 1.807) is 0 Å². The summed E-state index contributed by atoms with van der Waals surface area (Å²) < 4.78 is 0. The molecular weight excluding hydrogens is 246 g/mol. The van der Waals surface area contributed by atoms with Crippen LogP contribution in [0.3, 0.4) is 0 Å². The summed E-state index contributed by atoms with van der Waals surface area (Å²) in [7, 11) is 2.16. The van der Waals surface area contributed by atoms with Crippen LogP contribution in [0.4, 0.5) is 5.69 Å². The number of fused-ring (bicyclic) bond motifs is 3. The Labute approximate surface area is 121 Å². The number of anilines is 1. The summed E-state index contributed by atoms with van der Waals surface area (Å²) in [4.78, 5) is 6.99. The first-order valence-corrected chi connectivity index (χ1v) is 7.50. The van der Waals surface area contributed by atoms with E-state index in [1.165, 1.54) is 28.6 Å². The highest BCUT2D eigenvalue weighted by atomic mass is 15.1. The van der Waals surface area contributed by atoms with Gasteiger partial charge in [-0.25, -0.2) is 0 Å². The molecule has 1 aliphatic rings. The molecule has 0 saturated carbocycles. The third kappa shape index (κ3) is 2.50. The molecule has 0 aliphatic carbocycles. The Morgan fingerprint density at radius 1 is 1.35 bits per heavy atom. The summed E-state index contributed by atoms with van der Waals surface area (Å²) in [6.45, 7) is 6.49. The van der Waals surface area contributed by atoms with E-state index in [2.05, 4.69) is 54.3 Å². The zero-order chi connectivity index (χ0) is 14.1. The Balaban J connectivity index is 1.96. The van der Waals surface area contributed by atoms with Crippen LogP contribution < -0.4 is 5.32 Å². The minimum absolute atomic E-state index is 0.559. The zero-order valence-electron chi connectivity index (χ0n) is 12.6. The van der Waals surface area contributed by atoms with Crippen LogP contribution >= 0.6 is 0 Å². The SMILES string of the molecule is CC(C)N(C)Cc1ccc2c3c(cnc2c1)CCCN3. The highest BCUT2D eigenvalue weighted by molar-refractivity contribution is 5.93. The van der Waals surface area contributed by atoms with Crippen molar-refractivity contribution in [2.24, 2.45) is 0 Å². The number of aromatic nitrogens is 1. The summed E-state index contributed by atoms with van der Waals surface area (Å²) in [5.41, 5.74) is 5.09. The summed E-state index contributed by atoms with van der Waals surface area (Å²) in [5, 5.41) is 4.80. The van der Waals surface area contributed by atoms with Crippen LogP contribution in [-0.2, 0) is 13.0 Å². The average molecular weight is 269 g/mol. The van der Waals surface area contributed by atoms with Crippen LogP contribution in [0.2, 0.25) is 0 Å². The molecular formula is C17H23N3. The zero-order valence-corrected chi connectivity index (χ0v) is 12.6. The van der Waals surface area contributed by atoms with Gasteiger partial charge in [-0.2, -0.15) is 0 Å². The Morgan fingerprint density at radius 3 is 3.00 bits per heavy atom. The van der Waals surface area contributed by atoms with Crippen molar-refractivity contribution in [2.75, 3.05) is 18.9 Å². The van der Waals surface area contributed by atoms with E-state index in [4.69, 9.17) is 0 Å². The molecule has 1 N–H and O–H groups in total. The molecule has 0 saturated heterocycles. The largest absolute Gasteiger partial charge is 0.384 e. The first-order valence-electron chi connectivity index (χ1n) is 7.50. The maximum absolute atomic E-state index is 4.65. The Hall–Kier alpha value is -1.61. The Bertz CT molecular complexity index is 619. The normalized spacial score (nSPS) is 14.7. The smallest absolute Gasteiger partial charge is 0.0726 e. The summed E-state index contributed by atoms with van der Waals surface area (Å²) in [6, 6.07) is 7.25. The molecule has 1 aromatic carbocycles. The summed E-state index contributed by atoms with van der Waals surface area (Å²) >= 11 is 0. The molecule has 0 amide bonds. The lowest BCUT2D eigenvalue weighted by Crippen LogP contribution is -2.25. The van der Waals surface area contributed by atoms with Gasteiger partial charge in [0, 0.05) is 36.4 Å². The second kappa shape index (κ2) is 5.41. The van der Waals surface area contributed by atoms with E-state index in [1.807, 2.05) is 6.20 Å². The fourth-order valence-corrected chi connectivity index (χ4v) is 2.74. The van der Waals surface area contributed by atoms with Gasteiger partial charge < -0.3 is 5.32 Å². The van der Waals surface area contributed by atoms with Crippen LogP contribution in [0.5, 0.6) is 0 Å². The molecule has 106 valence electrons. The van der Waals surface area contributed by atoms with E-state index < -0.39 is 0 Å². The van der Waals surface area contributed by atoms with Gasteiger partial charge in [0.15, 0.2) is 0 Å². The van der Waals surface area contributed by atoms with Crippen LogP contribution in [0, 0.1) is 0 Å². The van der Waals surface area contributed by atoms with E-state index in [-0.39, 0.29) is 0 Å². The molecule has 3 nitrogen and oxygen atoms in total. The van der Waals surface area contributed by atoms with E-state index in [0.29, 0.717) is 6.04 Å². The quantitative estimate of drug-likeness (QED) is 0.925. The fraction of sp³-hybridized carbons (Fsp3) is 0.471. The lowest BCUT2D eigenvalue weighted by Gasteiger charge is -2.22. The highest BCUT2D eigenvalue weighted by Gasteiger charge is 2.13. The molecule has 1 aliphatic heterocycles. The average Bonchev–Trinajstić information content (AvgIpc) is 2.46. The highest BCUT2D eigenvalue weighted by Crippen LogP contribution is 2.30. The molecule has 1 aromatic heterocycles. The minimum Gasteiger partial charge on any atom is -0.384 e. The monoisotopic (exact) mass is 269 g/mol. The number of nitrogens with zero attached hydrogens (tertiary/aromatic N) is 2. The molecule has 0 bridgehead atoms. The number of rotatable bonds is 3. The molecule has 0 radical (unpaired) electrons. The molecule has 0 fully saturated rings. The van der Waals surface area contributed by atoms with Crippen molar-refractivity contribution in [3.05, 3.63) is 35.5 Å². The molecule has 3 rings (SSSR count). The van der Waals surface area contributed by atoms with Crippen LogP contribution in [0.15, 0.2) is 24.4 Å². The Morgan fingerprint density at radius 2 is 2.20 bits per heavy atom. The van der Waals surface area contributed by atoms with Crippen molar-refractivity contribution in [1.82, 2.24) is 9.88 Å². The lowest BCUT2D eigenvalue weighted by atomic mass is 10.0. The number of nitrogens with one attached hydrogen (secondary N) is 1. The van der Waals surface area contributed by atoms with Gasteiger partial charge in [0.2, 0.25) is 0 Å². The molecule has 3 heteroatoms. The first-order chi connectivity index (χ1) is 9.65. The van der Waals surface area contributed by atoms with Crippen molar-refractivity contribution in [2.45, 2.75) is 39.3 Å². The summed E-state index contributed by atoms with van der Waals surface area (Å²) in [5.74, 6) is 0. The fourth-order valence-electron chi connectivity index (χ4n) is 2.74. The predicted molar refractivity (Wildman–Crippen MR) is 85.2 cm³/mol. The van der Waals surface area contributed by atoms with Gasteiger partial charge in [-0.15, -0.1) is 0 Å². The van der Waals surface area contributed by atoms with Crippen molar-refractivity contribution in [3.63, 3.8) is 0 Å². The van der Waals surface area contributed by atoms with Gasteiger partial charge in [0.1, 0.15) is 0 Å². The van der Waals surface area contributed by atoms with Gasteiger partial charge >= 0.3 is 0 Å². The standard InChI is InChI=1S/C17H23N3/c1-12(2)20(3)11-13-6-7-15-16(9-13)19-10-14-5-4-8-18-17(14)15/h6-7,9-10,12,18H,4-5,8,11H2,1-3H3. The maximum Gasteiger partial charge on any atom is 0.0726 e. The molecule has 0 spiro atoms. The predicted octanol–water partition coefficient (Wildman–Crippen LogP) is 3.43. The number of aryl methyl sites for hydroxylation is 1. The van der Waals surface area contributed by atoms with Crippen LogP contribution in [0.1, 0.15) is 31.4 Å². The summed E-state index contributed by atoms with van der Waals surface area (Å²) in [6.07, 6.45) is 4.39. The van der Waals surface area contributed by atoms with E-state index in [0.717, 1.165) is 25.0 Å². The molecule has 2 heterocycles. The minimum atomic E-state index is 0.559. The van der Waals surface area contributed by atoms with E-state index >= 15 is 0 Å². The van der Waals surface area contributed by atoms with Crippen LogP contribution in [0.25, 0.3) is 10.9 Å². The lowest BCUT2D eigenvalue weighted by molar-refractivity contribution is 0.266. The topological polar surface area (TPSA) is 28.2 Å². The van der Waals surface area contributed by atoms with Gasteiger partial charge in [-0.05, 0) is 50.9 Å². The van der Waals surface area contributed by atoms with Crippen molar-refractivity contribution in [3.8, 4) is 0 Å². The molecule has 2 aromatic rings. The van der Waals surface area contributed by atoms with Gasteiger partial charge in [0.25, 0.3) is 0 Å². The van der Waals surface area contributed by atoms with Crippen molar-refractivity contribution < 1.29 is 0 Å². The second-order valence-corrected chi connectivity index (χ2v) is 6.05. The number of benzene rings is 1. The third-order valence-corrected chi connectivity index (χ3v) is 4.25. The number of hydrogen-bond donors (Lipinski definition) is 1. The molecule has 0 atom stereocenters. The first kappa shape index (κ1) is 13.4.